The van der Waals surface area contributed by atoms with E-state index in [2.05, 4.69) is 36.3 Å². The Bertz CT molecular complexity index is 739. The minimum absolute atomic E-state index is 0.588. The van der Waals surface area contributed by atoms with Crippen LogP contribution >= 0.6 is 27.3 Å². The lowest BCUT2D eigenvalue weighted by Gasteiger charge is -2.07. The van der Waals surface area contributed by atoms with E-state index in [-0.39, 0.29) is 0 Å². The molecule has 0 spiro atoms. The lowest BCUT2D eigenvalue weighted by Crippen LogP contribution is -1.94. The lowest BCUT2D eigenvalue weighted by molar-refractivity contribution is 0.464. The van der Waals surface area contributed by atoms with Gasteiger partial charge in [0.25, 0.3) is 0 Å². The van der Waals surface area contributed by atoms with Crippen LogP contribution < -0.4 is 4.74 Å². The minimum atomic E-state index is 0.588. The van der Waals surface area contributed by atoms with E-state index in [4.69, 9.17) is 4.74 Å². The number of halogens is 1. The average Bonchev–Trinajstić information content (AvgIpc) is 2.74. The van der Waals surface area contributed by atoms with Crippen LogP contribution in [0.5, 0.6) is 11.6 Å². The van der Waals surface area contributed by atoms with Crippen molar-refractivity contribution in [3.05, 3.63) is 39.7 Å². The number of nitrogens with zero attached hydrogens (tertiary/aromatic N) is 3. The summed E-state index contributed by atoms with van der Waals surface area (Å²) in [4.78, 5) is 13.9. The van der Waals surface area contributed by atoms with Crippen molar-refractivity contribution in [3.63, 3.8) is 0 Å². The van der Waals surface area contributed by atoms with E-state index in [1.54, 1.807) is 17.5 Å². The van der Waals surface area contributed by atoms with Gasteiger partial charge in [-0.1, -0.05) is 0 Å². The van der Waals surface area contributed by atoms with Gasteiger partial charge in [0.1, 0.15) is 21.0 Å². The molecule has 3 rings (SSSR count). The summed E-state index contributed by atoms with van der Waals surface area (Å²) in [6, 6.07) is 3.68. The van der Waals surface area contributed by atoms with Gasteiger partial charge in [-0.3, -0.25) is 0 Å². The van der Waals surface area contributed by atoms with Gasteiger partial charge in [0.05, 0.1) is 11.6 Å². The van der Waals surface area contributed by atoms with Gasteiger partial charge < -0.3 is 4.74 Å². The summed E-state index contributed by atoms with van der Waals surface area (Å²) in [6.45, 7) is 3.89. The Morgan fingerprint density at radius 2 is 2.05 bits per heavy atom. The predicted molar refractivity (Wildman–Crippen MR) is 78.9 cm³/mol. The molecule has 0 atom stereocenters. The monoisotopic (exact) mass is 335 g/mol. The molecule has 0 N–H and O–H groups in total. The number of ether oxygens (including phenoxy) is 1. The molecule has 0 bridgehead atoms. The van der Waals surface area contributed by atoms with E-state index in [1.807, 2.05) is 26.0 Å². The molecule has 6 heteroatoms. The molecule has 4 nitrogen and oxygen atoms in total. The van der Waals surface area contributed by atoms with Gasteiger partial charge >= 0.3 is 0 Å². The van der Waals surface area contributed by atoms with Crippen LogP contribution in [-0.2, 0) is 0 Å². The highest BCUT2D eigenvalue weighted by molar-refractivity contribution is 9.10. The second-order valence-corrected chi connectivity index (χ2v) is 5.76. The molecule has 3 aromatic heterocycles. The van der Waals surface area contributed by atoms with Gasteiger partial charge in [-0.15, -0.1) is 11.3 Å². The van der Waals surface area contributed by atoms with Crippen LogP contribution in [0.2, 0.25) is 0 Å². The van der Waals surface area contributed by atoms with Gasteiger partial charge in [-0.2, -0.15) is 4.98 Å². The number of pyridine rings is 1. The van der Waals surface area contributed by atoms with Gasteiger partial charge in [-0.25, -0.2) is 9.97 Å². The Morgan fingerprint density at radius 3 is 2.79 bits per heavy atom. The third-order valence-electron chi connectivity index (χ3n) is 2.61. The SMILES string of the molecule is Cc1nc(Oc2ccc(Br)nc2)c2c(C)csc2n1. The first-order valence-electron chi connectivity index (χ1n) is 5.65. The van der Waals surface area contributed by atoms with Crippen molar-refractivity contribution in [2.45, 2.75) is 13.8 Å². The molecule has 0 aliphatic heterocycles. The molecule has 0 unspecified atom stereocenters. The number of hydrogen-bond donors (Lipinski definition) is 0. The standard InChI is InChI=1S/C13H10BrN3OS/c1-7-6-19-13-11(7)12(16-8(2)17-13)18-9-3-4-10(14)15-5-9/h3-6H,1-2H3. The van der Waals surface area contributed by atoms with Crippen LogP contribution in [0.4, 0.5) is 0 Å². The number of thiophene rings is 1. The van der Waals surface area contributed by atoms with E-state index in [0.717, 1.165) is 20.4 Å². The molecular weight excluding hydrogens is 326 g/mol. The highest BCUT2D eigenvalue weighted by Gasteiger charge is 2.12. The molecule has 0 aliphatic carbocycles. The van der Waals surface area contributed by atoms with Crippen molar-refractivity contribution >= 4 is 37.5 Å². The second kappa shape index (κ2) is 4.86. The first kappa shape index (κ1) is 12.5. The normalized spacial score (nSPS) is 10.9. The number of hydrogen-bond acceptors (Lipinski definition) is 5. The van der Waals surface area contributed by atoms with E-state index < -0.39 is 0 Å². The highest BCUT2D eigenvalue weighted by Crippen LogP contribution is 2.33. The Balaban J connectivity index is 2.09. The van der Waals surface area contributed by atoms with Gasteiger partial charge in [0.15, 0.2) is 0 Å². The van der Waals surface area contributed by atoms with Gasteiger partial charge in [0.2, 0.25) is 5.88 Å². The van der Waals surface area contributed by atoms with Crippen LogP contribution in [-0.4, -0.2) is 15.0 Å². The van der Waals surface area contributed by atoms with Gasteiger partial charge in [0, 0.05) is 0 Å². The summed E-state index contributed by atoms with van der Waals surface area (Å²) >= 11 is 4.90. The van der Waals surface area contributed by atoms with Crippen molar-refractivity contribution in [1.82, 2.24) is 15.0 Å². The second-order valence-electron chi connectivity index (χ2n) is 4.09. The maximum Gasteiger partial charge on any atom is 0.231 e. The number of aryl methyl sites for hydroxylation is 2. The zero-order valence-electron chi connectivity index (χ0n) is 10.3. The first-order valence-corrected chi connectivity index (χ1v) is 7.32. The third kappa shape index (κ3) is 2.46. The maximum absolute atomic E-state index is 5.84. The number of fused-ring (bicyclic) bond motifs is 1. The highest BCUT2D eigenvalue weighted by atomic mass is 79.9. The Labute approximate surface area is 122 Å². The van der Waals surface area contributed by atoms with Gasteiger partial charge in [-0.05, 0) is 52.9 Å². The predicted octanol–water partition coefficient (Wildman–Crippen LogP) is 4.26. The summed E-state index contributed by atoms with van der Waals surface area (Å²) < 4.78 is 6.61. The Hall–Kier alpha value is -1.53. The Morgan fingerprint density at radius 1 is 1.21 bits per heavy atom. The van der Waals surface area contributed by atoms with Crippen LogP contribution in [0.15, 0.2) is 28.3 Å². The summed E-state index contributed by atoms with van der Waals surface area (Å²) in [6.07, 6.45) is 1.66. The molecule has 3 aromatic rings. The van der Waals surface area contributed by atoms with Crippen molar-refractivity contribution in [3.8, 4) is 11.6 Å². The molecule has 0 fully saturated rings. The summed E-state index contributed by atoms with van der Waals surface area (Å²) in [5, 5.41) is 3.03. The molecule has 96 valence electrons. The van der Waals surface area contributed by atoms with E-state index in [1.165, 1.54) is 0 Å². The fraction of sp³-hybridized carbons (Fsp3) is 0.154. The zero-order valence-corrected chi connectivity index (χ0v) is 12.7. The molecule has 19 heavy (non-hydrogen) atoms. The third-order valence-corrected chi connectivity index (χ3v) is 4.07. The lowest BCUT2D eigenvalue weighted by atomic mass is 10.2. The van der Waals surface area contributed by atoms with Crippen molar-refractivity contribution < 1.29 is 4.74 Å². The van der Waals surface area contributed by atoms with Crippen molar-refractivity contribution in [2.75, 3.05) is 0 Å². The maximum atomic E-state index is 5.84. The first-order chi connectivity index (χ1) is 9.13. The molecule has 0 radical (unpaired) electrons. The molecule has 0 aliphatic rings. The van der Waals surface area contributed by atoms with Crippen molar-refractivity contribution in [2.24, 2.45) is 0 Å². The molecule has 0 aromatic carbocycles. The minimum Gasteiger partial charge on any atom is -0.437 e. The quantitative estimate of drug-likeness (QED) is 0.656. The molecular formula is C13H10BrN3OS. The van der Waals surface area contributed by atoms with E-state index >= 15 is 0 Å². The van der Waals surface area contributed by atoms with Crippen LogP contribution in [0.1, 0.15) is 11.4 Å². The fourth-order valence-corrected chi connectivity index (χ4v) is 2.95. The molecule has 3 heterocycles. The average molecular weight is 336 g/mol. The van der Waals surface area contributed by atoms with Crippen LogP contribution in [0, 0.1) is 13.8 Å². The topological polar surface area (TPSA) is 47.9 Å². The fourth-order valence-electron chi connectivity index (χ4n) is 1.76. The van der Waals surface area contributed by atoms with E-state index in [9.17, 15) is 0 Å². The zero-order chi connectivity index (χ0) is 13.4. The molecule has 0 amide bonds. The Kier molecular flexibility index (Phi) is 3.20. The molecule has 0 saturated carbocycles. The smallest absolute Gasteiger partial charge is 0.231 e. The number of rotatable bonds is 2. The molecule has 0 saturated heterocycles. The van der Waals surface area contributed by atoms with Crippen LogP contribution in [0.25, 0.3) is 10.2 Å². The number of aromatic nitrogens is 3. The van der Waals surface area contributed by atoms with E-state index in [0.29, 0.717) is 17.5 Å². The largest absolute Gasteiger partial charge is 0.437 e. The summed E-state index contributed by atoms with van der Waals surface area (Å²) in [5.74, 6) is 1.95. The van der Waals surface area contributed by atoms with Crippen molar-refractivity contribution in [1.29, 1.82) is 0 Å². The summed E-state index contributed by atoms with van der Waals surface area (Å²) in [7, 11) is 0. The summed E-state index contributed by atoms with van der Waals surface area (Å²) in [5.41, 5.74) is 1.13. The van der Waals surface area contributed by atoms with Crippen LogP contribution in [0.3, 0.4) is 0 Å².